The number of hydrogen-bond acceptors (Lipinski definition) is 4. The van der Waals surface area contributed by atoms with E-state index >= 15 is 0 Å². The minimum absolute atomic E-state index is 0.370. The number of nitrogens with one attached hydrogen (secondary N) is 1. The van der Waals surface area contributed by atoms with Crippen molar-refractivity contribution >= 4 is 17.2 Å². The Kier molecular flexibility index (Phi) is 2.67. The Morgan fingerprint density at radius 1 is 1.10 bits per heavy atom. The Labute approximate surface area is 119 Å². The zero-order valence-electron chi connectivity index (χ0n) is 11.0. The number of aromatic nitrogens is 2. The third-order valence-corrected chi connectivity index (χ3v) is 3.30. The number of nitrogens with zero attached hydrogens (tertiary/aromatic N) is 2. The normalized spacial score (nSPS) is 13.4. The number of fused-ring (bicyclic) bond motifs is 2. The van der Waals surface area contributed by atoms with E-state index in [1.165, 1.54) is 10.5 Å². The highest BCUT2D eigenvalue weighted by molar-refractivity contribution is 5.64. The van der Waals surface area contributed by atoms with Crippen molar-refractivity contribution in [1.29, 1.82) is 0 Å². The lowest BCUT2D eigenvalue weighted by atomic mass is 10.2. The van der Waals surface area contributed by atoms with Gasteiger partial charge in [-0.1, -0.05) is 6.07 Å². The molecule has 3 aromatic rings. The lowest BCUT2D eigenvalue weighted by molar-refractivity contribution is 0.171. The molecule has 6 heteroatoms. The van der Waals surface area contributed by atoms with Crippen molar-refractivity contribution in [3.63, 3.8) is 0 Å². The lowest BCUT2D eigenvalue weighted by Gasteiger charge is -2.19. The van der Waals surface area contributed by atoms with E-state index < -0.39 is 0 Å². The molecule has 1 aliphatic rings. The van der Waals surface area contributed by atoms with Gasteiger partial charge in [-0.2, -0.15) is 4.39 Å². The van der Waals surface area contributed by atoms with Gasteiger partial charge in [-0.15, -0.1) is 0 Å². The van der Waals surface area contributed by atoms with Crippen LogP contribution in [-0.4, -0.2) is 22.6 Å². The van der Waals surface area contributed by atoms with Crippen LogP contribution in [0.5, 0.6) is 11.5 Å². The van der Waals surface area contributed by atoms with E-state index in [4.69, 9.17) is 9.47 Å². The number of rotatable bonds is 2. The molecule has 0 spiro atoms. The fourth-order valence-electron chi connectivity index (χ4n) is 2.35. The summed E-state index contributed by atoms with van der Waals surface area (Å²) in [6.07, 6.45) is 1.59. The minimum atomic E-state index is -0.370. The van der Waals surface area contributed by atoms with E-state index in [0.717, 1.165) is 11.4 Å². The first-order valence-electron chi connectivity index (χ1n) is 6.60. The first-order valence-corrected chi connectivity index (χ1v) is 6.60. The maximum atomic E-state index is 13.9. The molecule has 1 aromatic carbocycles. The zero-order valence-corrected chi connectivity index (χ0v) is 11.0. The second-order valence-corrected chi connectivity index (χ2v) is 4.67. The van der Waals surface area contributed by atoms with E-state index in [2.05, 4.69) is 10.3 Å². The van der Waals surface area contributed by atoms with Crippen LogP contribution in [0.15, 0.2) is 42.6 Å². The van der Waals surface area contributed by atoms with Crippen LogP contribution in [0.4, 0.5) is 15.9 Å². The molecule has 21 heavy (non-hydrogen) atoms. The highest BCUT2D eigenvalue weighted by Gasteiger charge is 2.13. The van der Waals surface area contributed by atoms with E-state index in [0.29, 0.717) is 30.4 Å². The summed E-state index contributed by atoms with van der Waals surface area (Å²) in [7, 11) is 0. The predicted octanol–water partition coefficient (Wildman–Crippen LogP) is 2.99. The molecule has 0 unspecified atom stereocenters. The second-order valence-electron chi connectivity index (χ2n) is 4.67. The molecule has 0 fully saturated rings. The molecule has 4 rings (SSSR count). The number of pyridine rings is 1. The van der Waals surface area contributed by atoms with Crippen LogP contribution < -0.4 is 14.8 Å². The van der Waals surface area contributed by atoms with Crippen molar-refractivity contribution in [2.24, 2.45) is 0 Å². The standard InChI is InChI=1S/C15H12FN3O2/c16-13-2-1-3-14-17-9-15(19(13)14)18-10-4-5-11-12(8-10)21-7-6-20-11/h1-5,8-9,18H,6-7H2. The van der Waals surface area contributed by atoms with Crippen LogP contribution >= 0.6 is 0 Å². The van der Waals surface area contributed by atoms with Gasteiger partial charge < -0.3 is 14.8 Å². The van der Waals surface area contributed by atoms with Crippen LogP contribution in [0, 0.1) is 5.95 Å². The Bertz CT molecular complexity index is 816. The molecule has 5 nitrogen and oxygen atoms in total. The van der Waals surface area contributed by atoms with Gasteiger partial charge in [-0.05, 0) is 24.3 Å². The molecule has 0 atom stereocenters. The maximum absolute atomic E-state index is 13.9. The van der Waals surface area contributed by atoms with Gasteiger partial charge in [-0.3, -0.25) is 4.40 Å². The lowest BCUT2D eigenvalue weighted by Crippen LogP contribution is -2.15. The van der Waals surface area contributed by atoms with Crippen LogP contribution in [-0.2, 0) is 0 Å². The molecule has 0 saturated carbocycles. The third-order valence-electron chi connectivity index (χ3n) is 3.30. The molecule has 1 N–H and O–H groups in total. The van der Waals surface area contributed by atoms with Gasteiger partial charge in [0.15, 0.2) is 11.5 Å². The average Bonchev–Trinajstić information content (AvgIpc) is 2.92. The Hall–Kier alpha value is -2.76. The summed E-state index contributed by atoms with van der Waals surface area (Å²) in [5.41, 5.74) is 1.33. The van der Waals surface area contributed by atoms with Gasteiger partial charge in [0, 0.05) is 11.8 Å². The van der Waals surface area contributed by atoms with E-state index in [9.17, 15) is 4.39 Å². The van der Waals surface area contributed by atoms with Gasteiger partial charge >= 0.3 is 0 Å². The minimum Gasteiger partial charge on any atom is -0.486 e. The van der Waals surface area contributed by atoms with Crippen LogP contribution in [0.1, 0.15) is 0 Å². The van der Waals surface area contributed by atoms with Crippen molar-refractivity contribution in [2.75, 3.05) is 18.5 Å². The van der Waals surface area contributed by atoms with Gasteiger partial charge in [0.05, 0.1) is 6.20 Å². The first kappa shape index (κ1) is 12.0. The predicted molar refractivity (Wildman–Crippen MR) is 75.9 cm³/mol. The van der Waals surface area contributed by atoms with Gasteiger partial charge in [0.2, 0.25) is 5.95 Å². The molecular weight excluding hydrogens is 273 g/mol. The smallest absolute Gasteiger partial charge is 0.201 e. The van der Waals surface area contributed by atoms with Crippen molar-refractivity contribution in [1.82, 2.24) is 9.38 Å². The molecule has 0 aliphatic carbocycles. The van der Waals surface area contributed by atoms with Crippen LogP contribution in [0.2, 0.25) is 0 Å². The Morgan fingerprint density at radius 3 is 2.86 bits per heavy atom. The summed E-state index contributed by atoms with van der Waals surface area (Å²) < 4.78 is 26.3. The summed E-state index contributed by atoms with van der Waals surface area (Å²) in [5, 5.41) is 3.14. The average molecular weight is 285 g/mol. The fraction of sp³-hybridized carbons (Fsp3) is 0.133. The summed E-state index contributed by atoms with van der Waals surface area (Å²) in [6.45, 7) is 1.08. The van der Waals surface area contributed by atoms with Gasteiger partial charge in [-0.25, -0.2) is 4.98 Å². The monoisotopic (exact) mass is 285 g/mol. The van der Waals surface area contributed by atoms with Crippen LogP contribution in [0.3, 0.4) is 0 Å². The number of hydrogen-bond donors (Lipinski definition) is 1. The molecule has 0 amide bonds. The molecule has 0 bridgehead atoms. The van der Waals surface area contributed by atoms with Crippen molar-refractivity contribution in [3.05, 3.63) is 48.5 Å². The first-order chi connectivity index (χ1) is 10.3. The summed E-state index contributed by atoms with van der Waals surface area (Å²) in [6, 6.07) is 10.3. The molecule has 2 aromatic heterocycles. The number of ether oxygens (including phenoxy) is 2. The largest absolute Gasteiger partial charge is 0.486 e. The fourth-order valence-corrected chi connectivity index (χ4v) is 2.35. The van der Waals surface area contributed by atoms with Gasteiger partial charge in [0.25, 0.3) is 0 Å². The van der Waals surface area contributed by atoms with Gasteiger partial charge in [0.1, 0.15) is 24.7 Å². The molecule has 3 heterocycles. The summed E-state index contributed by atoms with van der Waals surface area (Å²) in [5.74, 6) is 1.58. The Balaban J connectivity index is 1.71. The highest BCUT2D eigenvalue weighted by atomic mass is 19.1. The SMILES string of the molecule is Fc1cccc2ncc(Nc3ccc4c(c3)OCCO4)n12. The van der Waals surface area contributed by atoms with Crippen molar-refractivity contribution in [3.8, 4) is 11.5 Å². The van der Waals surface area contributed by atoms with E-state index in [1.54, 1.807) is 18.3 Å². The third kappa shape index (κ3) is 2.05. The molecule has 106 valence electrons. The van der Waals surface area contributed by atoms with Crippen molar-refractivity contribution in [2.45, 2.75) is 0 Å². The second kappa shape index (κ2) is 4.66. The highest BCUT2D eigenvalue weighted by Crippen LogP contribution is 2.33. The quantitative estimate of drug-likeness (QED) is 0.735. The maximum Gasteiger partial charge on any atom is 0.201 e. The molecule has 0 radical (unpaired) electrons. The number of anilines is 2. The Morgan fingerprint density at radius 2 is 1.95 bits per heavy atom. The number of benzene rings is 1. The summed E-state index contributed by atoms with van der Waals surface area (Å²) in [4.78, 5) is 4.17. The molecular formula is C15H12FN3O2. The number of imidazole rings is 1. The topological polar surface area (TPSA) is 47.8 Å². The van der Waals surface area contributed by atoms with Crippen molar-refractivity contribution < 1.29 is 13.9 Å². The zero-order chi connectivity index (χ0) is 14.2. The summed E-state index contributed by atoms with van der Waals surface area (Å²) >= 11 is 0. The van der Waals surface area contributed by atoms with Crippen LogP contribution in [0.25, 0.3) is 5.65 Å². The molecule has 0 saturated heterocycles. The molecule has 1 aliphatic heterocycles. The van der Waals surface area contributed by atoms with E-state index in [1.807, 2.05) is 18.2 Å². The van der Waals surface area contributed by atoms with E-state index in [-0.39, 0.29) is 5.95 Å². The number of halogens is 1.